The summed E-state index contributed by atoms with van der Waals surface area (Å²) in [4.78, 5) is 9.68. The van der Waals surface area contributed by atoms with E-state index in [0.717, 1.165) is 78.4 Å². The third-order valence-corrected chi connectivity index (χ3v) is 8.60. The van der Waals surface area contributed by atoms with Gasteiger partial charge in [0.1, 0.15) is 23.0 Å². The number of ether oxygens (including phenoxy) is 1. The molecule has 7 nitrogen and oxygen atoms in total. The second kappa shape index (κ2) is 10.2. The molecule has 0 saturated carbocycles. The molecule has 0 aliphatic rings. The molecule has 0 saturated heterocycles. The van der Waals surface area contributed by atoms with Crippen molar-refractivity contribution in [3.8, 4) is 28.7 Å². The highest BCUT2D eigenvalue weighted by Crippen LogP contribution is 2.36. The van der Waals surface area contributed by atoms with Crippen molar-refractivity contribution in [3.63, 3.8) is 0 Å². The van der Waals surface area contributed by atoms with Gasteiger partial charge < -0.3 is 4.74 Å². The minimum absolute atomic E-state index is 0.741. The first kappa shape index (κ1) is 26.2. The van der Waals surface area contributed by atoms with Crippen LogP contribution in [0.25, 0.3) is 60.9 Å². The van der Waals surface area contributed by atoms with Gasteiger partial charge in [0.05, 0.1) is 33.6 Å². The predicted molar refractivity (Wildman–Crippen MR) is 184 cm³/mol. The highest BCUT2D eigenvalue weighted by molar-refractivity contribution is 6.10. The van der Waals surface area contributed by atoms with Gasteiger partial charge in [-0.1, -0.05) is 42.5 Å². The van der Waals surface area contributed by atoms with Crippen molar-refractivity contribution >= 4 is 43.7 Å². The van der Waals surface area contributed by atoms with Crippen molar-refractivity contribution in [2.75, 3.05) is 0 Å². The molecule has 0 bridgehead atoms. The van der Waals surface area contributed by atoms with Crippen molar-refractivity contribution < 1.29 is 4.74 Å². The summed E-state index contributed by atoms with van der Waals surface area (Å²) in [5.41, 5.74) is 8.12. The standard InChI is InChI=1S/C39H28N6O/c1-25-21-26(2)45(42-25)28-9-7-10-29(22-28)46-30-16-17-33-31-11-3-6-15-36(31)44(37(33)24-30)38-23-27(18-20-40-38)43-35-14-5-4-12-32(35)34-13-8-19-41-39(34)43/h3-24H,1-2H3. The average Bonchev–Trinajstić information content (AvgIpc) is 3.73. The number of nitrogens with zero attached hydrogens (tertiary/aromatic N) is 6. The van der Waals surface area contributed by atoms with Crippen molar-refractivity contribution in [1.29, 1.82) is 0 Å². The summed E-state index contributed by atoms with van der Waals surface area (Å²) in [5, 5.41) is 9.22. The molecule has 0 radical (unpaired) electrons. The molecule has 4 aromatic carbocycles. The highest BCUT2D eigenvalue weighted by Gasteiger charge is 2.17. The van der Waals surface area contributed by atoms with Crippen LogP contribution in [0.3, 0.4) is 0 Å². The first-order valence-corrected chi connectivity index (χ1v) is 15.3. The SMILES string of the molecule is Cc1cc(C)n(-c2cccc(Oc3ccc4c5ccccc5n(-c5cc(-n6c7ccccc7c7cccnc76)ccn5)c4c3)c2)n1. The molecule has 0 N–H and O–H groups in total. The largest absolute Gasteiger partial charge is 0.457 e. The fraction of sp³-hybridized carbons (Fsp3) is 0.0513. The Balaban J connectivity index is 1.19. The normalized spacial score (nSPS) is 11.7. The maximum Gasteiger partial charge on any atom is 0.145 e. The molecule has 0 aliphatic carbocycles. The Labute approximate surface area is 264 Å². The van der Waals surface area contributed by atoms with Gasteiger partial charge in [-0.25, -0.2) is 14.6 Å². The zero-order valence-electron chi connectivity index (χ0n) is 25.3. The summed E-state index contributed by atoms with van der Waals surface area (Å²) in [6, 6.07) is 41.6. The molecular formula is C39H28N6O. The topological polar surface area (TPSA) is 62.7 Å². The monoisotopic (exact) mass is 596 g/mol. The lowest BCUT2D eigenvalue weighted by molar-refractivity contribution is 0.483. The van der Waals surface area contributed by atoms with Crippen LogP contribution in [-0.2, 0) is 0 Å². The third-order valence-electron chi connectivity index (χ3n) is 8.60. The molecule has 5 heterocycles. The summed E-state index contributed by atoms with van der Waals surface area (Å²) in [6.45, 7) is 4.06. The smallest absolute Gasteiger partial charge is 0.145 e. The van der Waals surface area contributed by atoms with E-state index in [9.17, 15) is 0 Å². The number of para-hydroxylation sites is 2. The summed E-state index contributed by atoms with van der Waals surface area (Å²) < 4.78 is 12.8. The van der Waals surface area contributed by atoms with Gasteiger partial charge in [-0.2, -0.15) is 5.10 Å². The van der Waals surface area contributed by atoms with Crippen LogP contribution in [0.2, 0.25) is 0 Å². The molecule has 220 valence electrons. The fourth-order valence-electron chi connectivity index (χ4n) is 6.69. The Morgan fingerprint density at radius 1 is 0.522 bits per heavy atom. The van der Waals surface area contributed by atoms with Crippen LogP contribution in [0.5, 0.6) is 11.5 Å². The maximum atomic E-state index is 6.47. The van der Waals surface area contributed by atoms with Gasteiger partial charge in [-0.3, -0.25) is 9.13 Å². The van der Waals surface area contributed by atoms with Crippen LogP contribution in [0.15, 0.2) is 134 Å². The van der Waals surface area contributed by atoms with E-state index >= 15 is 0 Å². The van der Waals surface area contributed by atoms with E-state index in [4.69, 9.17) is 14.7 Å². The molecule has 9 rings (SSSR count). The van der Waals surface area contributed by atoms with Crippen LogP contribution in [0, 0.1) is 13.8 Å². The van der Waals surface area contributed by atoms with E-state index in [0.29, 0.717) is 0 Å². The van der Waals surface area contributed by atoms with Gasteiger partial charge in [0.2, 0.25) is 0 Å². The first-order valence-electron chi connectivity index (χ1n) is 15.3. The van der Waals surface area contributed by atoms with Crippen molar-refractivity contribution in [3.05, 3.63) is 145 Å². The molecule has 5 aromatic heterocycles. The van der Waals surface area contributed by atoms with Gasteiger partial charge in [0.15, 0.2) is 0 Å². The first-order chi connectivity index (χ1) is 22.6. The summed E-state index contributed by atoms with van der Waals surface area (Å²) in [7, 11) is 0. The lowest BCUT2D eigenvalue weighted by Gasteiger charge is -2.12. The molecule has 0 amide bonds. The molecular weight excluding hydrogens is 568 g/mol. The number of hydrogen-bond acceptors (Lipinski definition) is 4. The van der Waals surface area contributed by atoms with E-state index in [1.807, 2.05) is 66.5 Å². The lowest BCUT2D eigenvalue weighted by atomic mass is 10.1. The Kier molecular flexibility index (Phi) is 5.80. The second-order valence-electron chi connectivity index (χ2n) is 11.6. The number of rotatable bonds is 5. The van der Waals surface area contributed by atoms with Gasteiger partial charge in [-0.15, -0.1) is 0 Å². The van der Waals surface area contributed by atoms with Crippen molar-refractivity contribution in [2.45, 2.75) is 13.8 Å². The highest BCUT2D eigenvalue weighted by atomic mass is 16.5. The molecule has 0 spiro atoms. The summed E-state index contributed by atoms with van der Waals surface area (Å²) >= 11 is 0. The molecule has 7 heteroatoms. The van der Waals surface area contributed by atoms with Crippen LogP contribution in [0.4, 0.5) is 0 Å². The van der Waals surface area contributed by atoms with Gasteiger partial charge in [-0.05, 0) is 74.5 Å². The Bertz CT molecular complexity index is 2550. The van der Waals surface area contributed by atoms with Crippen LogP contribution in [0.1, 0.15) is 11.4 Å². The molecule has 0 fully saturated rings. The van der Waals surface area contributed by atoms with Gasteiger partial charge in [0.25, 0.3) is 0 Å². The van der Waals surface area contributed by atoms with Crippen LogP contribution >= 0.6 is 0 Å². The van der Waals surface area contributed by atoms with E-state index in [1.54, 1.807) is 0 Å². The van der Waals surface area contributed by atoms with E-state index in [1.165, 1.54) is 5.39 Å². The minimum Gasteiger partial charge on any atom is -0.457 e. The number of pyridine rings is 2. The average molecular weight is 597 g/mol. The maximum absolute atomic E-state index is 6.47. The number of aromatic nitrogens is 6. The fourth-order valence-corrected chi connectivity index (χ4v) is 6.69. The summed E-state index contributed by atoms with van der Waals surface area (Å²) in [5.74, 6) is 2.30. The Morgan fingerprint density at radius 3 is 2.09 bits per heavy atom. The molecule has 0 aliphatic heterocycles. The lowest BCUT2D eigenvalue weighted by Crippen LogP contribution is -2.01. The molecule has 9 aromatic rings. The zero-order chi connectivity index (χ0) is 30.8. The van der Waals surface area contributed by atoms with E-state index in [-0.39, 0.29) is 0 Å². The zero-order valence-corrected chi connectivity index (χ0v) is 25.3. The summed E-state index contributed by atoms with van der Waals surface area (Å²) in [6.07, 6.45) is 3.72. The number of fused-ring (bicyclic) bond motifs is 6. The third kappa shape index (κ3) is 4.09. The Hall–Kier alpha value is -6.21. The number of aryl methyl sites for hydroxylation is 2. The van der Waals surface area contributed by atoms with E-state index in [2.05, 4.69) is 100 Å². The molecule has 46 heavy (non-hydrogen) atoms. The molecule has 0 atom stereocenters. The predicted octanol–water partition coefficient (Wildman–Crippen LogP) is 9.27. The van der Waals surface area contributed by atoms with Gasteiger partial charge >= 0.3 is 0 Å². The Morgan fingerprint density at radius 2 is 1.26 bits per heavy atom. The quantitative estimate of drug-likeness (QED) is 0.199. The molecule has 0 unspecified atom stereocenters. The number of hydrogen-bond donors (Lipinski definition) is 0. The van der Waals surface area contributed by atoms with Crippen LogP contribution in [-0.4, -0.2) is 28.9 Å². The van der Waals surface area contributed by atoms with E-state index < -0.39 is 0 Å². The van der Waals surface area contributed by atoms with Gasteiger partial charge in [0, 0.05) is 57.8 Å². The number of benzene rings is 4. The minimum atomic E-state index is 0.741. The van der Waals surface area contributed by atoms with Crippen LogP contribution < -0.4 is 4.74 Å². The second-order valence-corrected chi connectivity index (χ2v) is 11.6. The van der Waals surface area contributed by atoms with Crippen molar-refractivity contribution in [1.82, 2.24) is 28.9 Å². The van der Waals surface area contributed by atoms with Crippen molar-refractivity contribution in [2.24, 2.45) is 0 Å².